The number of sulfonamides is 1. The van der Waals surface area contributed by atoms with Gasteiger partial charge in [-0.2, -0.15) is 0 Å². The van der Waals surface area contributed by atoms with Crippen LogP contribution in [0.5, 0.6) is 0 Å². The second-order valence-electron chi connectivity index (χ2n) is 4.87. The Morgan fingerprint density at radius 1 is 1.29 bits per heavy atom. The molecule has 0 radical (unpaired) electrons. The maximum absolute atomic E-state index is 12.2. The molecule has 0 saturated heterocycles. The average molecular weight is 388 g/mol. The van der Waals surface area contributed by atoms with Crippen LogP contribution in [-0.2, 0) is 16.6 Å². The predicted molar refractivity (Wildman–Crippen MR) is 86.9 cm³/mol. The first-order valence-electron chi connectivity index (χ1n) is 6.49. The summed E-state index contributed by atoms with van der Waals surface area (Å²) in [5.74, 6) is 0. The monoisotopic (exact) mass is 387 g/mol. The Morgan fingerprint density at radius 3 is 2.57 bits per heavy atom. The second-order valence-corrected chi connectivity index (χ2v) is 8.97. The third-order valence-corrected chi connectivity index (χ3v) is 5.98. The van der Waals surface area contributed by atoms with Gasteiger partial charge in [0.05, 0.1) is 14.9 Å². The zero-order chi connectivity index (χ0) is 14.9. The molecule has 8 heteroatoms. The number of hydrogen-bond acceptors (Lipinski definition) is 5. The first-order valence-corrected chi connectivity index (χ1v) is 9.59. The molecule has 0 unspecified atom stereocenters. The van der Waals surface area contributed by atoms with E-state index in [4.69, 9.17) is 0 Å². The summed E-state index contributed by atoms with van der Waals surface area (Å²) in [6.07, 6.45) is 4.04. The van der Waals surface area contributed by atoms with Crippen LogP contribution in [0.2, 0.25) is 0 Å². The lowest BCUT2D eigenvalue weighted by molar-refractivity contribution is 0.601. The number of benzene rings is 1. The fourth-order valence-corrected chi connectivity index (χ4v) is 4.16. The van der Waals surface area contributed by atoms with Crippen molar-refractivity contribution in [2.75, 3.05) is 4.72 Å². The Labute approximate surface area is 136 Å². The number of thiazole rings is 1. The van der Waals surface area contributed by atoms with E-state index in [1.807, 2.05) is 12.1 Å². The second kappa shape index (κ2) is 6.04. The Hall–Kier alpha value is -0.960. The van der Waals surface area contributed by atoms with Gasteiger partial charge in [-0.15, -0.1) is 0 Å². The molecule has 1 heterocycles. The third-order valence-electron chi connectivity index (χ3n) is 3.11. The zero-order valence-electron chi connectivity index (χ0n) is 11.0. The highest BCUT2D eigenvalue weighted by Gasteiger charge is 2.20. The van der Waals surface area contributed by atoms with Crippen molar-refractivity contribution in [3.05, 3.63) is 39.8 Å². The largest absolute Gasteiger partial charge is 0.310 e. The molecule has 21 heavy (non-hydrogen) atoms. The molecule has 1 aromatic heterocycles. The molecule has 5 nitrogen and oxygen atoms in total. The van der Waals surface area contributed by atoms with Crippen LogP contribution in [0, 0.1) is 0 Å². The molecule has 1 saturated carbocycles. The van der Waals surface area contributed by atoms with Crippen LogP contribution in [0.4, 0.5) is 5.13 Å². The first kappa shape index (κ1) is 15.0. The minimum absolute atomic E-state index is 0.240. The number of nitrogens with one attached hydrogen (secondary N) is 2. The van der Waals surface area contributed by atoms with Crippen LogP contribution in [0.1, 0.15) is 18.4 Å². The molecule has 0 aliphatic heterocycles. The van der Waals surface area contributed by atoms with Crippen molar-refractivity contribution in [1.29, 1.82) is 0 Å². The van der Waals surface area contributed by atoms with Gasteiger partial charge in [0.2, 0.25) is 0 Å². The quantitative estimate of drug-likeness (QED) is 0.798. The number of hydrogen-bond donors (Lipinski definition) is 2. The van der Waals surface area contributed by atoms with Crippen molar-refractivity contribution in [2.45, 2.75) is 30.3 Å². The normalized spacial score (nSPS) is 15.1. The predicted octanol–water partition coefficient (Wildman–Crippen LogP) is 2.96. The van der Waals surface area contributed by atoms with Crippen LogP contribution in [0.3, 0.4) is 0 Å². The van der Waals surface area contributed by atoms with Crippen LogP contribution in [0.15, 0.2) is 39.1 Å². The lowest BCUT2D eigenvalue weighted by Gasteiger charge is -2.07. The highest BCUT2D eigenvalue weighted by molar-refractivity contribution is 9.11. The van der Waals surface area contributed by atoms with Crippen molar-refractivity contribution in [1.82, 2.24) is 10.3 Å². The van der Waals surface area contributed by atoms with E-state index in [0.717, 1.165) is 15.9 Å². The zero-order valence-corrected chi connectivity index (χ0v) is 14.3. The standard InChI is InChI=1S/C13H14BrN3O2S2/c14-12-8-16-13(20-12)17-21(18,19)11-5-1-9(2-6-11)7-15-10-3-4-10/h1-2,5-6,8,10,15H,3-4,7H2,(H,16,17). The van der Waals surface area contributed by atoms with Gasteiger partial charge >= 0.3 is 0 Å². The average Bonchev–Trinajstić information content (AvgIpc) is 3.20. The van der Waals surface area contributed by atoms with Crippen LogP contribution < -0.4 is 10.0 Å². The lowest BCUT2D eigenvalue weighted by Crippen LogP contribution is -2.16. The smallest absolute Gasteiger partial charge is 0.263 e. The summed E-state index contributed by atoms with van der Waals surface area (Å²) in [5, 5.41) is 3.74. The Bertz CT molecular complexity index is 724. The molecule has 112 valence electrons. The van der Waals surface area contributed by atoms with E-state index >= 15 is 0 Å². The Morgan fingerprint density at radius 2 is 2.00 bits per heavy atom. The lowest BCUT2D eigenvalue weighted by atomic mass is 10.2. The summed E-state index contributed by atoms with van der Waals surface area (Å²) in [6.45, 7) is 0.776. The van der Waals surface area contributed by atoms with Gasteiger partial charge in [-0.05, 0) is 46.5 Å². The minimum atomic E-state index is -3.58. The molecule has 1 aliphatic rings. The van der Waals surface area contributed by atoms with Crippen molar-refractivity contribution >= 4 is 42.4 Å². The molecule has 1 aromatic carbocycles. The van der Waals surface area contributed by atoms with E-state index in [-0.39, 0.29) is 4.90 Å². The first-order chi connectivity index (χ1) is 10.0. The van der Waals surface area contributed by atoms with Gasteiger partial charge in [0.25, 0.3) is 10.0 Å². The summed E-state index contributed by atoms with van der Waals surface area (Å²) in [4.78, 5) is 4.21. The molecular weight excluding hydrogens is 374 g/mol. The van der Waals surface area contributed by atoms with E-state index in [2.05, 4.69) is 31.0 Å². The SMILES string of the molecule is O=S(=O)(Nc1ncc(Br)s1)c1ccc(CNC2CC2)cc1. The van der Waals surface area contributed by atoms with Gasteiger partial charge in [-0.25, -0.2) is 13.4 Å². The van der Waals surface area contributed by atoms with Crippen molar-refractivity contribution in [2.24, 2.45) is 0 Å². The Kier molecular flexibility index (Phi) is 4.30. The summed E-state index contributed by atoms with van der Waals surface area (Å²) in [5.41, 5.74) is 1.08. The molecule has 1 aliphatic carbocycles. The fourth-order valence-electron chi connectivity index (χ4n) is 1.81. The molecular formula is C13H14BrN3O2S2. The highest BCUT2D eigenvalue weighted by atomic mass is 79.9. The maximum Gasteiger partial charge on any atom is 0.263 e. The van der Waals surface area contributed by atoms with E-state index < -0.39 is 10.0 Å². The van der Waals surface area contributed by atoms with Gasteiger partial charge in [0.15, 0.2) is 5.13 Å². The van der Waals surface area contributed by atoms with Gasteiger partial charge in [0, 0.05) is 12.6 Å². The van der Waals surface area contributed by atoms with Crippen molar-refractivity contribution in [3.63, 3.8) is 0 Å². The molecule has 0 spiro atoms. The van der Waals surface area contributed by atoms with Gasteiger partial charge in [-0.3, -0.25) is 4.72 Å². The molecule has 0 atom stereocenters. The molecule has 0 amide bonds. The number of halogens is 1. The maximum atomic E-state index is 12.2. The van der Waals surface area contributed by atoms with E-state index in [1.165, 1.54) is 24.2 Å². The minimum Gasteiger partial charge on any atom is -0.310 e. The van der Waals surface area contributed by atoms with E-state index in [1.54, 1.807) is 18.3 Å². The van der Waals surface area contributed by atoms with Gasteiger partial charge in [-0.1, -0.05) is 23.5 Å². The third kappa shape index (κ3) is 4.03. The summed E-state index contributed by atoms with van der Waals surface area (Å²) in [6, 6.07) is 7.55. The topological polar surface area (TPSA) is 71.1 Å². The molecule has 3 rings (SSSR count). The number of aromatic nitrogens is 1. The molecule has 2 N–H and O–H groups in total. The van der Waals surface area contributed by atoms with Crippen LogP contribution in [0.25, 0.3) is 0 Å². The number of anilines is 1. The summed E-state index contributed by atoms with van der Waals surface area (Å²) < 4.78 is 27.7. The Balaban J connectivity index is 1.69. The summed E-state index contributed by atoms with van der Waals surface area (Å²) >= 11 is 4.49. The summed E-state index contributed by atoms with van der Waals surface area (Å²) in [7, 11) is -3.58. The van der Waals surface area contributed by atoms with E-state index in [0.29, 0.717) is 11.2 Å². The van der Waals surface area contributed by atoms with Crippen LogP contribution >= 0.6 is 27.3 Å². The van der Waals surface area contributed by atoms with Gasteiger partial charge in [0.1, 0.15) is 0 Å². The number of rotatable bonds is 6. The van der Waals surface area contributed by atoms with E-state index in [9.17, 15) is 8.42 Å². The molecule has 2 aromatic rings. The fraction of sp³-hybridized carbons (Fsp3) is 0.308. The van der Waals surface area contributed by atoms with Crippen molar-refractivity contribution < 1.29 is 8.42 Å². The van der Waals surface area contributed by atoms with Crippen molar-refractivity contribution in [3.8, 4) is 0 Å². The molecule has 0 bridgehead atoms. The van der Waals surface area contributed by atoms with Crippen LogP contribution in [-0.4, -0.2) is 19.4 Å². The molecule has 1 fully saturated rings. The highest BCUT2D eigenvalue weighted by Crippen LogP contribution is 2.25. The number of nitrogens with zero attached hydrogens (tertiary/aromatic N) is 1. The van der Waals surface area contributed by atoms with Gasteiger partial charge < -0.3 is 5.32 Å².